The van der Waals surface area contributed by atoms with Gasteiger partial charge in [-0.2, -0.15) is 0 Å². The van der Waals surface area contributed by atoms with E-state index in [1.807, 2.05) is 11.4 Å². The molecular formula is C21H25FN4S2. The second kappa shape index (κ2) is 11.0. The number of hydrogen-bond donors (Lipinski definition) is 2. The Balaban J connectivity index is 0.000000167. The Kier molecular flexibility index (Phi) is 8.14. The van der Waals surface area contributed by atoms with E-state index in [-0.39, 0.29) is 5.82 Å². The van der Waals surface area contributed by atoms with Crippen LogP contribution in [0.15, 0.2) is 64.3 Å². The van der Waals surface area contributed by atoms with Crippen molar-refractivity contribution < 1.29 is 4.39 Å². The smallest absolute Gasteiger partial charge is 0.147 e. The van der Waals surface area contributed by atoms with Gasteiger partial charge in [-0.25, -0.2) is 9.37 Å². The minimum atomic E-state index is -0.250. The van der Waals surface area contributed by atoms with Crippen LogP contribution < -0.4 is 10.0 Å². The minimum Gasteiger partial charge on any atom is -0.388 e. The molecule has 4 rings (SSSR count). The first kappa shape index (κ1) is 20.6. The van der Waals surface area contributed by atoms with Crippen LogP contribution in [-0.4, -0.2) is 30.0 Å². The van der Waals surface area contributed by atoms with E-state index in [1.54, 1.807) is 18.6 Å². The number of benzene rings is 2. The number of nitrogens with zero attached hydrogens (tertiary/aromatic N) is 2. The van der Waals surface area contributed by atoms with Crippen molar-refractivity contribution in [2.75, 3.05) is 30.2 Å². The molecule has 0 aliphatic carbocycles. The summed E-state index contributed by atoms with van der Waals surface area (Å²) in [5, 5.41) is 4.75. The van der Waals surface area contributed by atoms with Gasteiger partial charge in [-0.1, -0.05) is 30.3 Å². The molecule has 0 unspecified atom stereocenters. The molecule has 0 saturated carbocycles. The summed E-state index contributed by atoms with van der Waals surface area (Å²) < 4.78 is 16.5. The average Bonchev–Trinajstić information content (AvgIpc) is 3.42. The molecule has 3 aromatic rings. The Bertz CT molecular complexity index is 822. The van der Waals surface area contributed by atoms with Crippen LogP contribution in [0.3, 0.4) is 0 Å². The number of anilines is 2. The first-order valence-electron chi connectivity index (χ1n) is 9.29. The first-order valence-corrected chi connectivity index (χ1v) is 11.0. The van der Waals surface area contributed by atoms with Gasteiger partial charge >= 0.3 is 0 Å². The van der Waals surface area contributed by atoms with Crippen molar-refractivity contribution in [1.29, 1.82) is 0 Å². The van der Waals surface area contributed by atoms with E-state index in [2.05, 4.69) is 50.3 Å². The van der Waals surface area contributed by atoms with Crippen molar-refractivity contribution in [3.63, 3.8) is 0 Å². The van der Waals surface area contributed by atoms with E-state index in [0.717, 1.165) is 18.1 Å². The van der Waals surface area contributed by atoms with Crippen LogP contribution in [0.25, 0.3) is 0 Å². The summed E-state index contributed by atoms with van der Waals surface area (Å²) in [7, 11) is 1.76. The fourth-order valence-corrected chi connectivity index (χ4v) is 4.07. The highest BCUT2D eigenvalue weighted by molar-refractivity contribution is 8.00. The summed E-state index contributed by atoms with van der Waals surface area (Å²) >= 11 is 2.71. The molecule has 7 heteroatoms. The lowest BCUT2D eigenvalue weighted by Gasteiger charge is -2.13. The molecule has 1 aliphatic heterocycles. The normalized spacial score (nSPS) is 13.6. The van der Waals surface area contributed by atoms with E-state index in [4.69, 9.17) is 0 Å². The van der Waals surface area contributed by atoms with Crippen LogP contribution in [0.4, 0.5) is 15.9 Å². The van der Waals surface area contributed by atoms with Crippen molar-refractivity contribution in [3.05, 3.63) is 70.8 Å². The molecule has 1 aromatic heterocycles. The van der Waals surface area contributed by atoms with Crippen molar-refractivity contribution >= 4 is 34.8 Å². The third-order valence-electron chi connectivity index (χ3n) is 4.37. The Morgan fingerprint density at radius 1 is 1.14 bits per heavy atom. The third kappa shape index (κ3) is 6.51. The predicted molar refractivity (Wildman–Crippen MR) is 118 cm³/mol. The Labute approximate surface area is 174 Å². The van der Waals surface area contributed by atoms with Gasteiger partial charge in [-0.3, -0.25) is 4.90 Å². The van der Waals surface area contributed by atoms with E-state index in [1.165, 1.54) is 60.8 Å². The number of likely N-dealkylation sites (tertiary alicyclic amines) is 1. The maximum Gasteiger partial charge on any atom is 0.147 e. The number of hydrogen-bond acceptors (Lipinski definition) is 6. The lowest BCUT2D eigenvalue weighted by Crippen LogP contribution is -2.18. The highest BCUT2D eigenvalue weighted by atomic mass is 32.2. The Morgan fingerprint density at radius 2 is 1.93 bits per heavy atom. The lowest BCUT2D eigenvalue weighted by atomic mass is 10.2. The second-order valence-corrected chi connectivity index (χ2v) is 8.01. The molecule has 28 heavy (non-hydrogen) atoms. The number of halogens is 1. The molecule has 1 fully saturated rings. The maximum atomic E-state index is 13.5. The SMILES string of the molecule is CNc1ccc(SNc2cscn2)c(F)c1.c1ccc(CN2CCCC2)cc1. The van der Waals surface area contributed by atoms with Gasteiger partial charge in [0.2, 0.25) is 0 Å². The van der Waals surface area contributed by atoms with E-state index in [0.29, 0.717) is 4.90 Å². The van der Waals surface area contributed by atoms with E-state index in [9.17, 15) is 4.39 Å². The molecule has 1 aliphatic rings. The van der Waals surface area contributed by atoms with Crippen LogP contribution in [0.5, 0.6) is 0 Å². The molecule has 0 bridgehead atoms. The number of rotatable bonds is 6. The molecule has 0 atom stereocenters. The zero-order valence-electron chi connectivity index (χ0n) is 15.9. The van der Waals surface area contributed by atoms with Crippen LogP contribution >= 0.6 is 23.3 Å². The van der Waals surface area contributed by atoms with Crippen molar-refractivity contribution in [2.45, 2.75) is 24.3 Å². The van der Waals surface area contributed by atoms with Crippen LogP contribution in [-0.2, 0) is 6.54 Å². The lowest BCUT2D eigenvalue weighted by molar-refractivity contribution is 0.331. The summed E-state index contributed by atoms with van der Waals surface area (Å²) in [5.41, 5.74) is 3.93. The first-order chi connectivity index (χ1) is 13.7. The van der Waals surface area contributed by atoms with Gasteiger partial charge in [0.1, 0.15) is 11.6 Å². The van der Waals surface area contributed by atoms with Gasteiger partial charge in [0.15, 0.2) is 0 Å². The predicted octanol–water partition coefficient (Wildman–Crippen LogP) is 5.73. The number of aromatic nitrogens is 1. The van der Waals surface area contributed by atoms with Gasteiger partial charge in [0, 0.05) is 24.7 Å². The fourth-order valence-electron chi connectivity index (χ4n) is 2.89. The van der Waals surface area contributed by atoms with Crippen LogP contribution in [0, 0.1) is 5.82 Å². The largest absolute Gasteiger partial charge is 0.388 e. The molecule has 2 N–H and O–H groups in total. The summed E-state index contributed by atoms with van der Waals surface area (Å²) in [6, 6.07) is 15.7. The quantitative estimate of drug-likeness (QED) is 0.503. The summed E-state index contributed by atoms with van der Waals surface area (Å²) in [6.07, 6.45) is 2.76. The molecule has 2 aromatic carbocycles. The number of thiazole rings is 1. The molecule has 0 spiro atoms. The topological polar surface area (TPSA) is 40.2 Å². The molecule has 1 saturated heterocycles. The van der Waals surface area contributed by atoms with Gasteiger partial charge in [0.05, 0.1) is 10.4 Å². The van der Waals surface area contributed by atoms with Crippen molar-refractivity contribution in [2.24, 2.45) is 0 Å². The maximum absolute atomic E-state index is 13.5. The zero-order valence-corrected chi connectivity index (χ0v) is 17.5. The molecule has 0 radical (unpaired) electrons. The molecule has 2 heterocycles. The van der Waals surface area contributed by atoms with Gasteiger partial charge in [-0.05, 0) is 61.6 Å². The van der Waals surface area contributed by atoms with E-state index >= 15 is 0 Å². The van der Waals surface area contributed by atoms with Crippen molar-refractivity contribution in [1.82, 2.24) is 9.88 Å². The zero-order chi connectivity index (χ0) is 19.6. The highest BCUT2D eigenvalue weighted by Crippen LogP contribution is 2.25. The fraction of sp³-hybridized carbons (Fsp3) is 0.286. The van der Waals surface area contributed by atoms with Crippen LogP contribution in [0.1, 0.15) is 18.4 Å². The van der Waals surface area contributed by atoms with Gasteiger partial charge in [-0.15, -0.1) is 11.3 Å². The third-order valence-corrected chi connectivity index (χ3v) is 5.81. The monoisotopic (exact) mass is 416 g/mol. The Morgan fingerprint density at radius 3 is 2.57 bits per heavy atom. The van der Waals surface area contributed by atoms with Gasteiger partial charge < -0.3 is 10.0 Å². The number of nitrogens with one attached hydrogen (secondary N) is 2. The minimum absolute atomic E-state index is 0.250. The molecule has 0 amide bonds. The van der Waals surface area contributed by atoms with E-state index < -0.39 is 0 Å². The highest BCUT2D eigenvalue weighted by Gasteiger charge is 2.10. The van der Waals surface area contributed by atoms with Gasteiger partial charge in [0.25, 0.3) is 0 Å². The summed E-state index contributed by atoms with van der Waals surface area (Å²) in [5.74, 6) is 0.492. The Hall–Kier alpha value is -2.09. The second-order valence-electron chi connectivity index (χ2n) is 6.44. The molecule has 4 nitrogen and oxygen atoms in total. The molecular weight excluding hydrogens is 391 g/mol. The summed E-state index contributed by atoms with van der Waals surface area (Å²) in [4.78, 5) is 7.12. The average molecular weight is 417 g/mol. The van der Waals surface area contributed by atoms with Crippen LogP contribution in [0.2, 0.25) is 0 Å². The standard InChI is InChI=1S/C11H15N.C10H10FN3S2/c1-2-6-11(7-3-1)10-12-8-4-5-9-12;1-12-7-2-3-9(8(11)4-7)16-14-10-5-15-6-13-10/h1-3,6-7H,4-5,8-10H2;2-6,12,14H,1H3. The summed E-state index contributed by atoms with van der Waals surface area (Å²) in [6.45, 7) is 3.71. The van der Waals surface area contributed by atoms with Crippen molar-refractivity contribution in [3.8, 4) is 0 Å². The molecule has 148 valence electrons.